The molecule has 2 aliphatic rings. The molecule has 6 rings (SSSR count). The molecule has 10 heteroatoms. The highest BCUT2D eigenvalue weighted by atomic mass is 32.1. The molecule has 4 aromatic rings. The van der Waals surface area contributed by atoms with Crippen LogP contribution in [0.2, 0.25) is 0 Å². The number of hydrogen-bond acceptors (Lipinski definition) is 6. The first kappa shape index (κ1) is 20.9. The molecule has 2 amide bonds. The molecule has 174 valence electrons. The van der Waals surface area contributed by atoms with Crippen molar-refractivity contribution in [2.45, 2.75) is 32.4 Å². The van der Waals surface area contributed by atoms with Crippen molar-refractivity contribution in [1.29, 1.82) is 0 Å². The maximum Gasteiger partial charge on any atom is 0.273 e. The monoisotopic (exact) mass is 476 g/mol. The van der Waals surface area contributed by atoms with Gasteiger partial charge < -0.3 is 19.5 Å². The van der Waals surface area contributed by atoms with Gasteiger partial charge in [-0.3, -0.25) is 14.0 Å². The zero-order chi connectivity index (χ0) is 23.2. The quantitative estimate of drug-likeness (QED) is 0.456. The number of nitrogens with one attached hydrogen (secondary N) is 1. The van der Waals surface area contributed by atoms with Gasteiger partial charge in [-0.1, -0.05) is 12.1 Å². The first-order valence-electron chi connectivity index (χ1n) is 11.4. The summed E-state index contributed by atoms with van der Waals surface area (Å²) in [6, 6.07) is 7.47. The first-order valence-corrected chi connectivity index (χ1v) is 12.2. The van der Waals surface area contributed by atoms with Gasteiger partial charge in [0.1, 0.15) is 18.0 Å². The maximum absolute atomic E-state index is 14.0. The summed E-state index contributed by atoms with van der Waals surface area (Å²) in [5.41, 5.74) is 3.98. The number of amides is 2. The van der Waals surface area contributed by atoms with Crippen molar-refractivity contribution in [3.63, 3.8) is 0 Å². The van der Waals surface area contributed by atoms with E-state index < -0.39 is 6.04 Å². The van der Waals surface area contributed by atoms with Crippen molar-refractivity contribution in [3.8, 4) is 5.75 Å². The third-order valence-electron chi connectivity index (χ3n) is 6.42. The van der Waals surface area contributed by atoms with E-state index in [4.69, 9.17) is 4.74 Å². The van der Waals surface area contributed by atoms with Gasteiger partial charge in [0, 0.05) is 31.1 Å². The molecule has 0 fully saturated rings. The second kappa shape index (κ2) is 8.28. The van der Waals surface area contributed by atoms with E-state index in [0.29, 0.717) is 43.9 Å². The molecule has 0 saturated heterocycles. The standard InChI is InChI=1S/C24H24N6O3S/c1-15-20(30-9-11-34-24(30)27-15)23(32)29-8-6-18-22-21(29)16-4-2-5-17(12-16)33-10-3-7-25-19(31)13-28(22)14-26-18/h2,4-5,9,11-12,14,21H,3,6-8,10,13H2,1H3,(H,25,31). The minimum atomic E-state index is -0.403. The Morgan fingerprint density at radius 2 is 2.24 bits per heavy atom. The van der Waals surface area contributed by atoms with E-state index in [9.17, 15) is 9.59 Å². The summed E-state index contributed by atoms with van der Waals surface area (Å²) >= 11 is 1.50. The first-order chi connectivity index (χ1) is 16.6. The molecule has 3 aromatic heterocycles. The molecule has 0 radical (unpaired) electrons. The van der Waals surface area contributed by atoms with Crippen molar-refractivity contribution in [3.05, 3.63) is 70.5 Å². The van der Waals surface area contributed by atoms with Crippen LogP contribution in [0.5, 0.6) is 5.75 Å². The lowest BCUT2D eigenvalue weighted by atomic mass is 9.94. The van der Waals surface area contributed by atoms with Crippen LogP contribution in [0.1, 0.15) is 45.6 Å². The molecule has 1 N–H and O–H groups in total. The Balaban J connectivity index is 1.51. The molecule has 34 heavy (non-hydrogen) atoms. The van der Waals surface area contributed by atoms with Gasteiger partial charge in [-0.05, 0) is 31.0 Å². The number of nitrogens with zero attached hydrogens (tertiary/aromatic N) is 5. The summed E-state index contributed by atoms with van der Waals surface area (Å²) in [6.45, 7) is 3.58. The summed E-state index contributed by atoms with van der Waals surface area (Å²) < 4.78 is 9.69. The third kappa shape index (κ3) is 3.45. The van der Waals surface area contributed by atoms with Crippen LogP contribution in [0.15, 0.2) is 42.2 Å². The van der Waals surface area contributed by atoms with Crippen LogP contribution < -0.4 is 10.1 Å². The highest BCUT2D eigenvalue weighted by Crippen LogP contribution is 2.37. The number of rotatable bonds is 1. The minimum Gasteiger partial charge on any atom is -0.494 e. The lowest BCUT2D eigenvalue weighted by Gasteiger charge is -2.36. The zero-order valence-corrected chi connectivity index (χ0v) is 19.5. The van der Waals surface area contributed by atoms with Gasteiger partial charge in [-0.15, -0.1) is 11.3 Å². The molecule has 5 heterocycles. The summed E-state index contributed by atoms with van der Waals surface area (Å²) in [4.78, 5) is 38.5. The summed E-state index contributed by atoms with van der Waals surface area (Å²) in [6.07, 6.45) is 4.93. The Kier molecular flexibility index (Phi) is 5.09. The van der Waals surface area contributed by atoms with E-state index in [1.54, 1.807) is 6.33 Å². The Labute approximate surface area is 200 Å². The second-order valence-electron chi connectivity index (χ2n) is 8.58. The molecule has 1 unspecified atom stereocenters. The Morgan fingerprint density at radius 3 is 3.15 bits per heavy atom. The lowest BCUT2D eigenvalue weighted by Crippen LogP contribution is -2.42. The van der Waals surface area contributed by atoms with Crippen LogP contribution >= 0.6 is 11.3 Å². The predicted molar refractivity (Wildman–Crippen MR) is 126 cm³/mol. The van der Waals surface area contributed by atoms with Gasteiger partial charge in [0.25, 0.3) is 5.91 Å². The number of fused-ring (bicyclic) bond motifs is 4. The molecular formula is C24H24N6O3S. The van der Waals surface area contributed by atoms with E-state index in [0.717, 1.165) is 27.7 Å². The number of hydrogen-bond donors (Lipinski definition) is 1. The highest BCUT2D eigenvalue weighted by Gasteiger charge is 2.38. The van der Waals surface area contributed by atoms with Crippen molar-refractivity contribution in [1.82, 2.24) is 29.2 Å². The number of imidazole rings is 2. The van der Waals surface area contributed by atoms with Crippen LogP contribution in [-0.4, -0.2) is 55.3 Å². The minimum absolute atomic E-state index is 0.0834. The summed E-state index contributed by atoms with van der Waals surface area (Å²) in [7, 11) is 0. The normalized spacial score (nSPS) is 18.3. The molecule has 1 atom stereocenters. The second-order valence-corrected chi connectivity index (χ2v) is 9.45. The van der Waals surface area contributed by atoms with E-state index >= 15 is 0 Å². The average Bonchev–Trinajstić information content (AvgIpc) is 3.52. The van der Waals surface area contributed by atoms with E-state index in [1.807, 2.05) is 56.6 Å². The number of ether oxygens (including phenoxy) is 1. The molecular weight excluding hydrogens is 452 g/mol. The van der Waals surface area contributed by atoms with Gasteiger partial charge in [-0.2, -0.15) is 0 Å². The van der Waals surface area contributed by atoms with Crippen LogP contribution in [0.3, 0.4) is 0 Å². The Hall–Kier alpha value is -3.66. The van der Waals surface area contributed by atoms with Crippen LogP contribution in [0.25, 0.3) is 4.96 Å². The summed E-state index contributed by atoms with van der Waals surface area (Å²) in [5, 5.41) is 4.88. The van der Waals surface area contributed by atoms with Crippen molar-refractivity contribution in [2.75, 3.05) is 19.7 Å². The van der Waals surface area contributed by atoms with Gasteiger partial charge in [0.2, 0.25) is 5.91 Å². The fourth-order valence-electron chi connectivity index (χ4n) is 4.89. The molecule has 2 aliphatic heterocycles. The fraction of sp³-hybridized carbons (Fsp3) is 0.333. The van der Waals surface area contributed by atoms with E-state index in [-0.39, 0.29) is 18.4 Å². The smallest absolute Gasteiger partial charge is 0.273 e. The van der Waals surface area contributed by atoms with E-state index in [2.05, 4.69) is 15.3 Å². The predicted octanol–water partition coefficient (Wildman–Crippen LogP) is 2.59. The molecule has 2 bridgehead atoms. The Bertz CT molecular complexity index is 1400. The molecule has 0 aliphatic carbocycles. The average molecular weight is 477 g/mol. The Morgan fingerprint density at radius 1 is 1.32 bits per heavy atom. The summed E-state index contributed by atoms with van der Waals surface area (Å²) in [5.74, 6) is 0.571. The lowest BCUT2D eigenvalue weighted by molar-refractivity contribution is -0.121. The van der Waals surface area contributed by atoms with Gasteiger partial charge >= 0.3 is 0 Å². The topological polar surface area (TPSA) is 93.8 Å². The fourth-order valence-corrected chi connectivity index (χ4v) is 5.65. The molecule has 9 nitrogen and oxygen atoms in total. The number of aryl methyl sites for hydroxylation is 1. The van der Waals surface area contributed by atoms with Crippen molar-refractivity contribution < 1.29 is 14.3 Å². The zero-order valence-electron chi connectivity index (χ0n) is 18.7. The molecule has 0 saturated carbocycles. The van der Waals surface area contributed by atoms with E-state index in [1.165, 1.54) is 11.3 Å². The number of carbonyl (C=O) groups excluding carboxylic acids is 2. The van der Waals surface area contributed by atoms with Gasteiger partial charge in [0.05, 0.1) is 36.1 Å². The highest BCUT2D eigenvalue weighted by molar-refractivity contribution is 7.15. The number of thiazole rings is 1. The SMILES string of the molecule is Cc1nc2sccn2c1C(=O)N1CCc2ncn3c2C1c1cccc(c1)OCCCNC(=O)C3. The molecule has 1 aromatic carbocycles. The number of aromatic nitrogens is 4. The van der Waals surface area contributed by atoms with Gasteiger partial charge in [-0.25, -0.2) is 9.97 Å². The third-order valence-corrected chi connectivity index (χ3v) is 7.17. The van der Waals surface area contributed by atoms with Crippen molar-refractivity contribution in [2.24, 2.45) is 0 Å². The van der Waals surface area contributed by atoms with Crippen LogP contribution in [-0.2, 0) is 17.8 Å². The van der Waals surface area contributed by atoms with Gasteiger partial charge in [0.15, 0.2) is 4.96 Å². The largest absolute Gasteiger partial charge is 0.494 e. The molecule has 0 spiro atoms. The van der Waals surface area contributed by atoms with Crippen LogP contribution in [0, 0.1) is 6.92 Å². The number of benzene rings is 1. The van der Waals surface area contributed by atoms with Crippen LogP contribution in [0.4, 0.5) is 0 Å². The maximum atomic E-state index is 14.0. The van der Waals surface area contributed by atoms with Crippen molar-refractivity contribution >= 4 is 28.1 Å². The number of carbonyl (C=O) groups is 2.